The molecule has 0 aromatic heterocycles. The van der Waals surface area contributed by atoms with Gasteiger partial charge in [0.25, 0.3) is 0 Å². The molecule has 0 bridgehead atoms. The normalized spacial score (nSPS) is 20.2. The van der Waals surface area contributed by atoms with Gasteiger partial charge < -0.3 is 10.0 Å². The minimum Gasteiger partial charge on any atom is -0.396 e. The number of halogens is 4. The van der Waals surface area contributed by atoms with E-state index in [9.17, 15) is 18.0 Å². The van der Waals surface area contributed by atoms with E-state index in [4.69, 9.17) is 5.11 Å². The van der Waals surface area contributed by atoms with Crippen LogP contribution in [0.15, 0.2) is 22.7 Å². The summed E-state index contributed by atoms with van der Waals surface area (Å²) in [6.45, 7) is 0.0774. The van der Waals surface area contributed by atoms with Crippen LogP contribution in [0.25, 0.3) is 0 Å². The van der Waals surface area contributed by atoms with E-state index in [2.05, 4.69) is 15.9 Å². The maximum Gasteiger partial charge on any atom is 0.417 e. The highest BCUT2D eigenvalue weighted by Crippen LogP contribution is 2.41. The summed E-state index contributed by atoms with van der Waals surface area (Å²) in [5.41, 5.74) is -0.624. The smallest absolute Gasteiger partial charge is 0.396 e. The lowest BCUT2D eigenvalue weighted by Crippen LogP contribution is -2.26. The van der Waals surface area contributed by atoms with Crippen molar-refractivity contribution in [2.45, 2.75) is 12.6 Å². The van der Waals surface area contributed by atoms with Gasteiger partial charge in [0.1, 0.15) is 0 Å². The Morgan fingerprint density at radius 1 is 1.42 bits per heavy atom. The Bertz CT molecular complexity index is 504. The highest BCUT2D eigenvalue weighted by Gasteiger charge is 2.37. The highest BCUT2D eigenvalue weighted by atomic mass is 79.9. The third-order valence-electron chi connectivity index (χ3n) is 3.04. The molecule has 1 unspecified atom stereocenters. The summed E-state index contributed by atoms with van der Waals surface area (Å²) in [4.78, 5) is 13.0. The average molecular weight is 338 g/mol. The second-order valence-electron chi connectivity index (χ2n) is 4.39. The summed E-state index contributed by atoms with van der Waals surface area (Å²) in [6.07, 6.45) is -4.33. The Labute approximate surface area is 116 Å². The highest BCUT2D eigenvalue weighted by molar-refractivity contribution is 9.10. The van der Waals surface area contributed by atoms with Crippen molar-refractivity contribution in [3.8, 4) is 0 Å². The molecule has 1 aliphatic heterocycles. The van der Waals surface area contributed by atoms with Crippen LogP contribution in [0.5, 0.6) is 0 Å². The summed E-state index contributed by atoms with van der Waals surface area (Å²) >= 11 is 2.92. The molecule has 0 saturated carbocycles. The molecule has 1 saturated heterocycles. The number of anilines is 1. The number of carbonyl (C=O) groups excluding carboxylic acids is 1. The average Bonchev–Trinajstić information content (AvgIpc) is 2.69. The number of carbonyl (C=O) groups is 1. The molecule has 3 nitrogen and oxygen atoms in total. The third-order valence-corrected chi connectivity index (χ3v) is 3.87. The first-order chi connectivity index (χ1) is 8.84. The van der Waals surface area contributed by atoms with Crippen LogP contribution in [-0.2, 0) is 11.0 Å². The van der Waals surface area contributed by atoms with Crippen molar-refractivity contribution in [3.63, 3.8) is 0 Å². The van der Waals surface area contributed by atoms with Gasteiger partial charge in [0, 0.05) is 25.5 Å². The quantitative estimate of drug-likeness (QED) is 0.901. The zero-order chi connectivity index (χ0) is 14.2. The molecule has 0 aliphatic carbocycles. The fourth-order valence-electron chi connectivity index (χ4n) is 2.08. The van der Waals surface area contributed by atoms with Crippen LogP contribution in [-0.4, -0.2) is 24.2 Å². The van der Waals surface area contributed by atoms with Gasteiger partial charge in [-0.15, -0.1) is 0 Å². The van der Waals surface area contributed by atoms with Gasteiger partial charge >= 0.3 is 6.18 Å². The monoisotopic (exact) mass is 337 g/mol. The largest absolute Gasteiger partial charge is 0.417 e. The molecule has 1 heterocycles. The molecule has 1 amide bonds. The number of aliphatic hydroxyl groups excluding tert-OH is 1. The van der Waals surface area contributed by atoms with Crippen molar-refractivity contribution in [1.82, 2.24) is 0 Å². The van der Waals surface area contributed by atoms with Crippen molar-refractivity contribution >= 4 is 27.5 Å². The molecule has 1 aliphatic rings. The second kappa shape index (κ2) is 5.13. The van der Waals surface area contributed by atoms with E-state index in [1.807, 2.05) is 0 Å². The van der Waals surface area contributed by atoms with Gasteiger partial charge in [-0.05, 0) is 28.1 Å². The number of aliphatic hydroxyl groups is 1. The van der Waals surface area contributed by atoms with Crippen molar-refractivity contribution in [2.75, 3.05) is 18.1 Å². The maximum atomic E-state index is 12.8. The number of hydrogen-bond acceptors (Lipinski definition) is 2. The molecule has 0 radical (unpaired) electrons. The lowest BCUT2D eigenvalue weighted by atomic mass is 10.1. The van der Waals surface area contributed by atoms with E-state index in [1.54, 1.807) is 0 Å². The zero-order valence-electron chi connectivity index (χ0n) is 9.75. The van der Waals surface area contributed by atoms with Crippen LogP contribution >= 0.6 is 15.9 Å². The van der Waals surface area contributed by atoms with Gasteiger partial charge in [-0.3, -0.25) is 4.79 Å². The van der Waals surface area contributed by atoms with Crippen LogP contribution in [0.4, 0.5) is 18.9 Å². The molecular formula is C12H11BrF3NO2. The van der Waals surface area contributed by atoms with Crippen molar-refractivity contribution in [1.29, 1.82) is 0 Å². The standard InChI is InChI=1S/C12H11BrF3NO2/c13-11-8(12(14,15)16)2-1-3-9(11)17-5-7(6-18)4-10(17)19/h1-3,7,18H,4-6H2. The first-order valence-electron chi connectivity index (χ1n) is 5.61. The van der Waals surface area contributed by atoms with Crippen LogP contribution in [0.3, 0.4) is 0 Å². The van der Waals surface area contributed by atoms with E-state index in [0.717, 1.165) is 6.07 Å². The first kappa shape index (κ1) is 14.3. The first-order valence-corrected chi connectivity index (χ1v) is 6.41. The van der Waals surface area contributed by atoms with Crippen LogP contribution in [0, 0.1) is 5.92 Å². The number of benzene rings is 1. The van der Waals surface area contributed by atoms with Crippen LogP contribution in [0.1, 0.15) is 12.0 Å². The van der Waals surface area contributed by atoms with Crippen molar-refractivity contribution < 1.29 is 23.1 Å². The Hall–Kier alpha value is -1.08. The van der Waals surface area contributed by atoms with Crippen molar-refractivity contribution in [3.05, 3.63) is 28.2 Å². The molecule has 0 spiro atoms. The maximum absolute atomic E-state index is 12.8. The SMILES string of the molecule is O=C1CC(CO)CN1c1cccc(C(F)(F)F)c1Br. The summed E-state index contributed by atoms with van der Waals surface area (Å²) in [6, 6.07) is 3.68. The van der Waals surface area contributed by atoms with E-state index in [0.29, 0.717) is 0 Å². The Kier molecular flexibility index (Phi) is 3.87. The minimum atomic E-state index is -4.48. The predicted molar refractivity (Wildman–Crippen MR) is 66.7 cm³/mol. The number of hydrogen-bond donors (Lipinski definition) is 1. The number of amides is 1. The molecular weight excluding hydrogens is 327 g/mol. The van der Waals surface area contributed by atoms with Gasteiger partial charge in [-0.1, -0.05) is 6.07 Å². The van der Waals surface area contributed by atoms with E-state index < -0.39 is 11.7 Å². The number of nitrogens with zero attached hydrogens (tertiary/aromatic N) is 1. The van der Waals surface area contributed by atoms with E-state index in [-0.39, 0.29) is 41.6 Å². The Morgan fingerprint density at radius 3 is 2.63 bits per heavy atom. The summed E-state index contributed by atoms with van der Waals surface area (Å²) in [5, 5.41) is 9.03. The van der Waals surface area contributed by atoms with Gasteiger partial charge in [0.15, 0.2) is 0 Å². The lowest BCUT2D eigenvalue weighted by molar-refractivity contribution is -0.138. The van der Waals surface area contributed by atoms with Gasteiger partial charge in [0.2, 0.25) is 5.91 Å². The predicted octanol–water partition coefficient (Wildman–Crippen LogP) is 2.81. The fourth-order valence-corrected chi connectivity index (χ4v) is 2.79. The fraction of sp³-hybridized carbons (Fsp3) is 0.417. The molecule has 1 fully saturated rings. The molecule has 1 N–H and O–H groups in total. The van der Waals surface area contributed by atoms with E-state index in [1.165, 1.54) is 17.0 Å². The molecule has 2 rings (SSSR count). The molecule has 19 heavy (non-hydrogen) atoms. The lowest BCUT2D eigenvalue weighted by Gasteiger charge is -2.20. The Morgan fingerprint density at radius 2 is 2.11 bits per heavy atom. The molecule has 1 aromatic rings. The third kappa shape index (κ3) is 2.76. The summed E-state index contributed by atoms with van der Waals surface area (Å²) in [5.74, 6) is -0.506. The number of alkyl halides is 3. The van der Waals surface area contributed by atoms with E-state index >= 15 is 0 Å². The topological polar surface area (TPSA) is 40.5 Å². The Balaban J connectivity index is 2.39. The van der Waals surface area contributed by atoms with Gasteiger partial charge in [-0.25, -0.2) is 0 Å². The number of rotatable bonds is 2. The summed E-state index contributed by atoms with van der Waals surface area (Å²) < 4.78 is 38.2. The second-order valence-corrected chi connectivity index (χ2v) is 5.19. The van der Waals surface area contributed by atoms with Gasteiger partial charge in [-0.2, -0.15) is 13.2 Å². The van der Waals surface area contributed by atoms with Crippen LogP contribution < -0.4 is 4.90 Å². The minimum absolute atomic E-state index is 0.144. The van der Waals surface area contributed by atoms with Crippen LogP contribution in [0.2, 0.25) is 0 Å². The van der Waals surface area contributed by atoms with Gasteiger partial charge in [0.05, 0.1) is 15.7 Å². The molecule has 7 heteroatoms. The summed E-state index contributed by atoms with van der Waals surface area (Å²) in [7, 11) is 0. The molecule has 104 valence electrons. The molecule has 1 aromatic carbocycles. The molecule has 1 atom stereocenters. The van der Waals surface area contributed by atoms with Crippen molar-refractivity contribution in [2.24, 2.45) is 5.92 Å². The zero-order valence-corrected chi connectivity index (χ0v) is 11.3.